The first-order chi connectivity index (χ1) is 7.18. The van der Waals surface area contributed by atoms with Crippen molar-refractivity contribution in [2.45, 2.75) is 19.9 Å². The highest BCUT2D eigenvalue weighted by Gasteiger charge is 2.03. The smallest absolute Gasteiger partial charge is 0.222 e. The van der Waals surface area contributed by atoms with Gasteiger partial charge in [0.25, 0.3) is 0 Å². The van der Waals surface area contributed by atoms with Crippen LogP contribution in [0.5, 0.6) is 0 Å². The highest BCUT2D eigenvalue weighted by atomic mass is 16.2. The Hall–Kier alpha value is -1.99. The van der Waals surface area contributed by atoms with Crippen molar-refractivity contribution in [3.05, 3.63) is 5.82 Å². The van der Waals surface area contributed by atoms with Gasteiger partial charge in [0.2, 0.25) is 11.8 Å². The molecule has 0 aliphatic rings. The maximum atomic E-state index is 11.2. The van der Waals surface area contributed by atoms with Gasteiger partial charge in [-0.05, 0) is 0 Å². The average molecular weight is 212 g/mol. The van der Waals surface area contributed by atoms with Gasteiger partial charge in [0.05, 0.1) is 6.54 Å². The molecule has 8 nitrogen and oxygen atoms in total. The van der Waals surface area contributed by atoms with Crippen LogP contribution in [0.15, 0.2) is 0 Å². The minimum absolute atomic E-state index is 0.152. The quantitative estimate of drug-likeness (QED) is 0.540. The fourth-order valence-corrected chi connectivity index (χ4v) is 0.875. The minimum atomic E-state index is -0.173. The molecule has 0 atom stereocenters. The van der Waals surface area contributed by atoms with Gasteiger partial charge in [0.15, 0.2) is 5.82 Å². The molecule has 15 heavy (non-hydrogen) atoms. The predicted octanol–water partition coefficient (Wildman–Crippen LogP) is -1.66. The molecular weight excluding hydrogens is 200 g/mol. The van der Waals surface area contributed by atoms with Gasteiger partial charge in [-0.15, -0.1) is 10.2 Å². The highest BCUT2D eigenvalue weighted by Crippen LogP contribution is 1.83. The molecule has 1 heterocycles. The van der Waals surface area contributed by atoms with Crippen molar-refractivity contribution in [3.8, 4) is 0 Å². The van der Waals surface area contributed by atoms with E-state index in [4.69, 9.17) is 0 Å². The molecule has 8 heteroatoms. The summed E-state index contributed by atoms with van der Waals surface area (Å²) in [6.07, 6.45) is 0.234. The van der Waals surface area contributed by atoms with E-state index in [1.54, 1.807) is 0 Å². The number of H-pyrrole nitrogens is 1. The summed E-state index contributed by atoms with van der Waals surface area (Å²) < 4.78 is 0. The number of nitrogens with one attached hydrogen (secondary N) is 3. The molecule has 0 saturated carbocycles. The first kappa shape index (κ1) is 11.1. The molecule has 1 rings (SSSR count). The fourth-order valence-electron chi connectivity index (χ4n) is 0.875. The molecule has 0 spiro atoms. The lowest BCUT2D eigenvalue weighted by atomic mass is 10.4. The largest absolute Gasteiger partial charge is 0.356 e. The van der Waals surface area contributed by atoms with Gasteiger partial charge >= 0.3 is 0 Å². The second-order valence-corrected chi connectivity index (χ2v) is 2.84. The van der Waals surface area contributed by atoms with E-state index in [9.17, 15) is 9.59 Å². The third kappa shape index (κ3) is 4.69. The first-order valence-corrected chi connectivity index (χ1v) is 4.42. The lowest BCUT2D eigenvalue weighted by molar-refractivity contribution is -0.121. The van der Waals surface area contributed by atoms with E-state index in [2.05, 4.69) is 31.3 Å². The van der Waals surface area contributed by atoms with Crippen LogP contribution in [0.1, 0.15) is 19.2 Å². The molecule has 1 aromatic heterocycles. The molecule has 82 valence electrons. The number of aromatic nitrogens is 4. The molecule has 0 aromatic carbocycles. The molecule has 0 radical (unpaired) electrons. The van der Waals surface area contributed by atoms with Gasteiger partial charge < -0.3 is 10.6 Å². The summed E-state index contributed by atoms with van der Waals surface area (Å²) in [5.74, 6) is 0.0948. The second kappa shape index (κ2) is 5.68. The Morgan fingerprint density at radius 1 is 1.40 bits per heavy atom. The zero-order valence-corrected chi connectivity index (χ0v) is 8.28. The van der Waals surface area contributed by atoms with Crippen molar-refractivity contribution in [3.63, 3.8) is 0 Å². The molecule has 2 amide bonds. The van der Waals surface area contributed by atoms with Gasteiger partial charge in [-0.3, -0.25) is 9.59 Å². The van der Waals surface area contributed by atoms with E-state index in [1.165, 1.54) is 6.92 Å². The molecule has 0 aliphatic carbocycles. The van der Waals surface area contributed by atoms with Crippen molar-refractivity contribution in [2.24, 2.45) is 0 Å². The fraction of sp³-hybridized carbons (Fsp3) is 0.571. The molecule has 0 saturated heterocycles. The van der Waals surface area contributed by atoms with E-state index < -0.39 is 0 Å². The van der Waals surface area contributed by atoms with Crippen molar-refractivity contribution >= 4 is 11.8 Å². The third-order valence-corrected chi connectivity index (χ3v) is 1.56. The number of hydrogen-bond acceptors (Lipinski definition) is 5. The molecule has 0 unspecified atom stereocenters. The van der Waals surface area contributed by atoms with Crippen molar-refractivity contribution in [2.75, 3.05) is 6.54 Å². The van der Waals surface area contributed by atoms with Gasteiger partial charge in [0, 0.05) is 19.9 Å². The normalized spacial score (nSPS) is 9.67. The number of rotatable bonds is 5. The third-order valence-electron chi connectivity index (χ3n) is 1.56. The van der Waals surface area contributed by atoms with Crippen molar-refractivity contribution in [1.82, 2.24) is 31.3 Å². The topological polar surface area (TPSA) is 113 Å². The lowest BCUT2D eigenvalue weighted by Crippen LogP contribution is -2.29. The number of carbonyl (C=O) groups is 2. The summed E-state index contributed by atoms with van der Waals surface area (Å²) in [6.45, 7) is 1.96. The second-order valence-electron chi connectivity index (χ2n) is 2.84. The number of carbonyl (C=O) groups excluding carboxylic acids is 2. The van der Waals surface area contributed by atoms with Gasteiger partial charge in [-0.25, -0.2) is 0 Å². The predicted molar refractivity (Wildman–Crippen MR) is 49.3 cm³/mol. The van der Waals surface area contributed by atoms with Crippen molar-refractivity contribution in [1.29, 1.82) is 0 Å². The average Bonchev–Trinajstić information content (AvgIpc) is 2.66. The molecular formula is C7H12N6O2. The number of hydrogen-bond donors (Lipinski definition) is 3. The van der Waals surface area contributed by atoms with Gasteiger partial charge in [-0.1, -0.05) is 5.21 Å². The Morgan fingerprint density at radius 2 is 2.20 bits per heavy atom. The molecule has 1 aromatic rings. The summed E-state index contributed by atoms with van der Waals surface area (Å²) in [7, 11) is 0. The maximum Gasteiger partial charge on any atom is 0.222 e. The zero-order valence-electron chi connectivity index (χ0n) is 8.28. The summed E-state index contributed by atoms with van der Waals surface area (Å²) >= 11 is 0. The van der Waals surface area contributed by atoms with Crippen LogP contribution in [0.3, 0.4) is 0 Å². The molecule has 0 bridgehead atoms. The number of nitrogens with zero attached hydrogens (tertiary/aromatic N) is 3. The maximum absolute atomic E-state index is 11.2. The van der Waals surface area contributed by atoms with Crippen LogP contribution in [-0.4, -0.2) is 39.0 Å². The Bertz CT molecular complexity index is 322. The van der Waals surface area contributed by atoms with Crippen LogP contribution in [0.4, 0.5) is 0 Å². The summed E-state index contributed by atoms with van der Waals surface area (Å²) in [6, 6.07) is 0. The molecule has 3 N–H and O–H groups in total. The van der Waals surface area contributed by atoms with Crippen LogP contribution in [-0.2, 0) is 16.1 Å². The zero-order chi connectivity index (χ0) is 11.1. The minimum Gasteiger partial charge on any atom is -0.356 e. The van der Waals surface area contributed by atoms with Crippen molar-refractivity contribution < 1.29 is 9.59 Å². The Balaban J connectivity index is 2.11. The lowest BCUT2D eigenvalue weighted by Gasteiger charge is -2.02. The van der Waals surface area contributed by atoms with Crippen LogP contribution < -0.4 is 10.6 Å². The van der Waals surface area contributed by atoms with Gasteiger partial charge in [0.1, 0.15) is 0 Å². The Labute approximate surface area is 85.8 Å². The van der Waals surface area contributed by atoms with Crippen LogP contribution in [0.2, 0.25) is 0 Å². The van der Waals surface area contributed by atoms with Crippen LogP contribution >= 0.6 is 0 Å². The van der Waals surface area contributed by atoms with E-state index >= 15 is 0 Å². The Morgan fingerprint density at radius 3 is 2.80 bits per heavy atom. The van der Waals surface area contributed by atoms with Crippen LogP contribution in [0.25, 0.3) is 0 Å². The van der Waals surface area contributed by atoms with Gasteiger partial charge in [-0.2, -0.15) is 5.21 Å². The summed E-state index contributed by atoms with van der Waals surface area (Å²) in [5.41, 5.74) is 0. The monoisotopic (exact) mass is 212 g/mol. The Kier molecular flexibility index (Phi) is 4.20. The standard InChI is InChI=1S/C7H12N6O2/c1-5(14)8-3-2-7(15)9-4-6-10-12-13-11-6/h2-4H2,1H3,(H,8,14)(H,9,15)(H,10,11,12,13). The van der Waals surface area contributed by atoms with E-state index in [0.717, 1.165) is 0 Å². The summed E-state index contributed by atoms with van der Waals surface area (Å²) in [4.78, 5) is 21.7. The first-order valence-electron chi connectivity index (χ1n) is 4.42. The molecule has 0 fully saturated rings. The summed E-state index contributed by atoms with van der Waals surface area (Å²) in [5, 5.41) is 18.0. The number of aromatic amines is 1. The highest BCUT2D eigenvalue weighted by molar-refractivity contribution is 5.77. The van der Waals surface area contributed by atoms with Crippen LogP contribution in [0, 0.1) is 0 Å². The van der Waals surface area contributed by atoms with E-state index in [-0.39, 0.29) is 24.8 Å². The number of amides is 2. The van der Waals surface area contributed by atoms with E-state index in [0.29, 0.717) is 12.4 Å². The molecule has 0 aliphatic heterocycles. The number of tetrazole rings is 1. The van der Waals surface area contributed by atoms with E-state index in [1.807, 2.05) is 0 Å². The SMILES string of the molecule is CC(=O)NCCC(=O)NCc1nn[nH]n1.